The molecule has 0 aromatic rings. The standard InChI is InChI=1S/C13H21N3O4/c14-8-11(10-16(3-5-17)4-6-18)13(19)15-9-12-2-1-7-20-12/h10,12,17-18H,1-7,9H2,(H,15,19)/b11-10-. The Labute approximate surface area is 118 Å². The monoisotopic (exact) mass is 283 g/mol. The van der Waals surface area contributed by atoms with Gasteiger partial charge >= 0.3 is 0 Å². The predicted molar refractivity (Wildman–Crippen MR) is 71.4 cm³/mol. The maximum atomic E-state index is 11.9. The van der Waals surface area contributed by atoms with Gasteiger partial charge in [-0.1, -0.05) is 0 Å². The molecule has 1 heterocycles. The Morgan fingerprint density at radius 3 is 2.65 bits per heavy atom. The summed E-state index contributed by atoms with van der Waals surface area (Å²) in [5, 5.41) is 29.4. The summed E-state index contributed by atoms with van der Waals surface area (Å²) in [6.45, 7) is 1.37. The van der Waals surface area contributed by atoms with E-state index in [-0.39, 0.29) is 38.0 Å². The topological polar surface area (TPSA) is 106 Å². The minimum absolute atomic E-state index is 0.0184. The second-order valence-corrected chi connectivity index (χ2v) is 4.48. The highest BCUT2D eigenvalue weighted by molar-refractivity contribution is 5.97. The SMILES string of the molecule is N#C/C(=C/N(CCO)CCO)C(=O)NCC1CCCO1. The molecular weight excluding hydrogens is 262 g/mol. The molecule has 0 radical (unpaired) electrons. The van der Waals surface area contributed by atoms with Crippen LogP contribution in [0.3, 0.4) is 0 Å². The number of ether oxygens (including phenoxy) is 1. The average Bonchev–Trinajstić information content (AvgIpc) is 2.95. The minimum atomic E-state index is -0.469. The molecule has 1 unspecified atom stereocenters. The van der Waals surface area contributed by atoms with Crippen LogP contribution in [0.1, 0.15) is 12.8 Å². The van der Waals surface area contributed by atoms with Crippen LogP contribution in [-0.2, 0) is 9.53 Å². The minimum Gasteiger partial charge on any atom is -0.395 e. The largest absolute Gasteiger partial charge is 0.395 e. The molecular formula is C13H21N3O4. The van der Waals surface area contributed by atoms with Gasteiger partial charge in [0.1, 0.15) is 11.6 Å². The molecule has 0 bridgehead atoms. The summed E-state index contributed by atoms with van der Waals surface area (Å²) in [6, 6.07) is 1.83. The highest BCUT2D eigenvalue weighted by atomic mass is 16.5. The molecule has 1 aliphatic rings. The fourth-order valence-corrected chi connectivity index (χ4v) is 1.93. The molecule has 1 atom stereocenters. The summed E-state index contributed by atoms with van der Waals surface area (Å²) in [7, 11) is 0. The van der Waals surface area contributed by atoms with Crippen LogP contribution in [0.2, 0.25) is 0 Å². The van der Waals surface area contributed by atoms with Crippen molar-refractivity contribution >= 4 is 5.91 Å². The molecule has 112 valence electrons. The van der Waals surface area contributed by atoms with E-state index in [9.17, 15) is 4.79 Å². The lowest BCUT2D eigenvalue weighted by atomic mass is 10.2. The van der Waals surface area contributed by atoms with Gasteiger partial charge in [0.15, 0.2) is 0 Å². The smallest absolute Gasteiger partial charge is 0.263 e. The Balaban J connectivity index is 2.53. The van der Waals surface area contributed by atoms with Crippen molar-refractivity contribution in [1.29, 1.82) is 5.26 Å². The average molecular weight is 283 g/mol. The van der Waals surface area contributed by atoms with E-state index in [2.05, 4.69) is 5.32 Å². The summed E-state index contributed by atoms with van der Waals surface area (Å²) in [5.74, 6) is -0.469. The second-order valence-electron chi connectivity index (χ2n) is 4.48. The summed E-state index contributed by atoms with van der Waals surface area (Å²) in [6.07, 6.45) is 3.27. The molecule has 1 aliphatic heterocycles. The Morgan fingerprint density at radius 2 is 2.15 bits per heavy atom. The van der Waals surface area contributed by atoms with Crippen LogP contribution >= 0.6 is 0 Å². The first kappa shape index (κ1) is 16.4. The number of amides is 1. The van der Waals surface area contributed by atoms with Crippen molar-refractivity contribution in [2.75, 3.05) is 39.5 Å². The molecule has 1 fully saturated rings. The highest BCUT2D eigenvalue weighted by Gasteiger charge is 2.18. The fourth-order valence-electron chi connectivity index (χ4n) is 1.93. The number of nitrogens with zero attached hydrogens (tertiary/aromatic N) is 2. The quantitative estimate of drug-likeness (QED) is 0.389. The molecule has 3 N–H and O–H groups in total. The zero-order chi connectivity index (χ0) is 14.8. The number of hydrogen-bond donors (Lipinski definition) is 3. The third-order valence-corrected chi connectivity index (χ3v) is 2.97. The Morgan fingerprint density at radius 1 is 1.45 bits per heavy atom. The lowest BCUT2D eigenvalue weighted by Crippen LogP contribution is -2.34. The number of aliphatic hydroxyl groups excluding tert-OH is 2. The molecule has 7 nitrogen and oxygen atoms in total. The zero-order valence-electron chi connectivity index (χ0n) is 11.4. The first-order chi connectivity index (χ1) is 9.71. The van der Waals surface area contributed by atoms with E-state index in [4.69, 9.17) is 20.2 Å². The normalized spacial score (nSPS) is 18.6. The van der Waals surface area contributed by atoms with Gasteiger partial charge in [-0.25, -0.2) is 0 Å². The molecule has 20 heavy (non-hydrogen) atoms. The number of carbonyl (C=O) groups excluding carboxylic acids is 1. The van der Waals surface area contributed by atoms with E-state index in [1.807, 2.05) is 6.07 Å². The number of carbonyl (C=O) groups is 1. The zero-order valence-corrected chi connectivity index (χ0v) is 11.4. The molecule has 1 saturated heterocycles. The molecule has 1 rings (SSSR count). The second kappa shape index (κ2) is 9.31. The molecule has 0 saturated carbocycles. The number of nitriles is 1. The van der Waals surface area contributed by atoms with Gasteiger partial charge in [0, 0.05) is 32.4 Å². The molecule has 7 heteroatoms. The van der Waals surface area contributed by atoms with Crippen LogP contribution in [0.5, 0.6) is 0 Å². The number of aliphatic hydroxyl groups is 2. The van der Waals surface area contributed by atoms with Gasteiger partial charge in [-0.05, 0) is 12.8 Å². The van der Waals surface area contributed by atoms with Crippen LogP contribution in [0.25, 0.3) is 0 Å². The van der Waals surface area contributed by atoms with E-state index >= 15 is 0 Å². The van der Waals surface area contributed by atoms with Gasteiger partial charge in [0.05, 0.1) is 19.3 Å². The van der Waals surface area contributed by atoms with Crippen molar-refractivity contribution in [1.82, 2.24) is 10.2 Å². The lowest BCUT2D eigenvalue weighted by Gasteiger charge is -2.18. The van der Waals surface area contributed by atoms with Crippen LogP contribution in [0, 0.1) is 11.3 Å². The Kier molecular flexibility index (Phi) is 7.65. The first-order valence-electron chi connectivity index (χ1n) is 6.68. The van der Waals surface area contributed by atoms with Gasteiger partial charge in [-0.15, -0.1) is 0 Å². The van der Waals surface area contributed by atoms with Crippen LogP contribution in [0.4, 0.5) is 0 Å². The molecule has 1 amide bonds. The van der Waals surface area contributed by atoms with E-state index in [0.29, 0.717) is 13.2 Å². The van der Waals surface area contributed by atoms with Gasteiger partial charge < -0.3 is 25.2 Å². The van der Waals surface area contributed by atoms with Gasteiger partial charge in [0.2, 0.25) is 0 Å². The maximum Gasteiger partial charge on any atom is 0.263 e. The summed E-state index contributed by atoms with van der Waals surface area (Å²) in [5.41, 5.74) is -0.0510. The number of rotatable bonds is 8. The molecule has 0 aromatic carbocycles. The Bertz CT molecular complexity index is 366. The first-order valence-corrected chi connectivity index (χ1v) is 6.68. The van der Waals surface area contributed by atoms with Gasteiger partial charge in [0.25, 0.3) is 5.91 Å². The van der Waals surface area contributed by atoms with Crippen molar-refractivity contribution in [2.24, 2.45) is 0 Å². The van der Waals surface area contributed by atoms with E-state index in [1.54, 1.807) is 0 Å². The number of hydrogen-bond acceptors (Lipinski definition) is 6. The third kappa shape index (κ3) is 5.57. The molecule has 0 aliphatic carbocycles. The van der Waals surface area contributed by atoms with E-state index < -0.39 is 5.91 Å². The lowest BCUT2D eigenvalue weighted by molar-refractivity contribution is -0.117. The van der Waals surface area contributed by atoms with E-state index in [0.717, 1.165) is 12.8 Å². The van der Waals surface area contributed by atoms with Gasteiger partial charge in [-0.3, -0.25) is 4.79 Å². The third-order valence-electron chi connectivity index (χ3n) is 2.97. The van der Waals surface area contributed by atoms with Crippen LogP contribution < -0.4 is 5.32 Å². The Hall–Kier alpha value is -1.62. The van der Waals surface area contributed by atoms with Crippen LogP contribution in [-0.4, -0.2) is 66.6 Å². The van der Waals surface area contributed by atoms with Crippen molar-refractivity contribution in [2.45, 2.75) is 18.9 Å². The number of nitrogens with one attached hydrogen (secondary N) is 1. The summed E-state index contributed by atoms with van der Waals surface area (Å²) >= 11 is 0. The van der Waals surface area contributed by atoms with Crippen LogP contribution in [0.15, 0.2) is 11.8 Å². The van der Waals surface area contributed by atoms with Crippen molar-refractivity contribution in [3.05, 3.63) is 11.8 Å². The fraction of sp³-hybridized carbons (Fsp3) is 0.692. The summed E-state index contributed by atoms with van der Waals surface area (Å²) < 4.78 is 5.38. The van der Waals surface area contributed by atoms with Crippen molar-refractivity contribution < 1.29 is 19.7 Å². The molecule has 0 spiro atoms. The highest BCUT2D eigenvalue weighted by Crippen LogP contribution is 2.10. The molecule has 0 aromatic heterocycles. The maximum absolute atomic E-state index is 11.9. The summed E-state index contributed by atoms with van der Waals surface area (Å²) in [4.78, 5) is 13.4. The van der Waals surface area contributed by atoms with Gasteiger partial charge in [-0.2, -0.15) is 5.26 Å². The van der Waals surface area contributed by atoms with E-state index in [1.165, 1.54) is 11.1 Å². The predicted octanol–water partition coefficient (Wildman–Crippen LogP) is -1.02. The van der Waals surface area contributed by atoms with Crippen molar-refractivity contribution in [3.63, 3.8) is 0 Å². The van der Waals surface area contributed by atoms with Crippen molar-refractivity contribution in [3.8, 4) is 6.07 Å².